The van der Waals surface area contributed by atoms with Gasteiger partial charge < -0.3 is 14.7 Å². The van der Waals surface area contributed by atoms with Crippen LogP contribution in [0.15, 0.2) is 12.1 Å². The fraction of sp³-hybridized carbons (Fsp3) is 0.385. The quantitative estimate of drug-likeness (QED) is 0.859. The molecule has 0 saturated carbocycles. The molecule has 0 radical (unpaired) electrons. The fourth-order valence-corrected chi connectivity index (χ4v) is 2.33. The zero-order chi connectivity index (χ0) is 15.7. The van der Waals surface area contributed by atoms with E-state index in [9.17, 15) is 22.8 Å². The highest BCUT2D eigenvalue weighted by atomic mass is 19.2. The minimum atomic E-state index is -1.55. The molecule has 5 nitrogen and oxygen atoms in total. The molecule has 1 aromatic rings. The number of nitrogens with zero attached hydrogens (tertiary/aromatic N) is 1. The molecular formula is C13H12F3NO4. The van der Waals surface area contributed by atoms with Crippen molar-refractivity contribution in [1.82, 2.24) is 4.90 Å². The lowest BCUT2D eigenvalue weighted by Gasteiger charge is -2.39. The van der Waals surface area contributed by atoms with Crippen molar-refractivity contribution in [1.29, 1.82) is 0 Å². The summed E-state index contributed by atoms with van der Waals surface area (Å²) in [6, 6.07) is -0.490. The summed E-state index contributed by atoms with van der Waals surface area (Å²) in [4.78, 5) is 24.0. The number of hydrogen-bond donors (Lipinski definition) is 1. The van der Waals surface area contributed by atoms with Crippen LogP contribution in [0.25, 0.3) is 0 Å². The van der Waals surface area contributed by atoms with Gasteiger partial charge in [0.25, 0.3) is 0 Å². The second-order valence-corrected chi connectivity index (χ2v) is 4.48. The van der Waals surface area contributed by atoms with Crippen molar-refractivity contribution in [2.75, 3.05) is 13.2 Å². The van der Waals surface area contributed by atoms with Gasteiger partial charge in [-0.2, -0.15) is 0 Å². The highest BCUT2D eigenvalue weighted by Crippen LogP contribution is 2.32. The third-order valence-corrected chi connectivity index (χ3v) is 3.27. The maximum absolute atomic E-state index is 13.9. The van der Waals surface area contributed by atoms with Crippen molar-refractivity contribution in [3.63, 3.8) is 0 Å². The molecule has 1 heterocycles. The first-order chi connectivity index (χ1) is 9.86. The van der Waals surface area contributed by atoms with Crippen LogP contribution >= 0.6 is 0 Å². The molecule has 1 amide bonds. The third kappa shape index (κ3) is 2.71. The molecule has 0 aliphatic carbocycles. The van der Waals surface area contributed by atoms with Crippen molar-refractivity contribution in [2.45, 2.75) is 19.1 Å². The van der Waals surface area contributed by atoms with Gasteiger partial charge in [-0.15, -0.1) is 0 Å². The zero-order valence-electron chi connectivity index (χ0n) is 11.0. The van der Waals surface area contributed by atoms with Crippen molar-refractivity contribution < 1.29 is 32.6 Å². The van der Waals surface area contributed by atoms with Crippen molar-refractivity contribution in [3.05, 3.63) is 35.1 Å². The number of benzene rings is 1. The lowest BCUT2D eigenvalue weighted by molar-refractivity contribution is -0.173. The van der Waals surface area contributed by atoms with E-state index in [-0.39, 0.29) is 6.54 Å². The Morgan fingerprint density at radius 3 is 2.52 bits per heavy atom. The van der Waals surface area contributed by atoms with Gasteiger partial charge in [0.15, 0.2) is 17.7 Å². The van der Waals surface area contributed by atoms with E-state index in [4.69, 9.17) is 9.84 Å². The molecule has 1 aromatic carbocycles. The number of hydrogen-bond acceptors (Lipinski definition) is 3. The Hall–Kier alpha value is -2.09. The highest BCUT2D eigenvalue weighted by Gasteiger charge is 2.42. The van der Waals surface area contributed by atoms with Crippen molar-refractivity contribution in [3.8, 4) is 0 Å². The molecule has 8 heteroatoms. The topological polar surface area (TPSA) is 66.8 Å². The van der Waals surface area contributed by atoms with Gasteiger partial charge in [0.2, 0.25) is 5.91 Å². The number of carboxylic acids is 1. The van der Waals surface area contributed by atoms with Crippen LogP contribution in [0, 0.1) is 17.5 Å². The Morgan fingerprint density at radius 1 is 1.33 bits per heavy atom. The number of carboxylic acid groups (broad SMARTS) is 1. The van der Waals surface area contributed by atoms with Crippen LogP contribution in [-0.2, 0) is 14.3 Å². The van der Waals surface area contributed by atoms with E-state index >= 15 is 0 Å². The van der Waals surface area contributed by atoms with E-state index in [1.807, 2.05) is 0 Å². The maximum Gasteiger partial charge on any atom is 0.335 e. The fourth-order valence-electron chi connectivity index (χ4n) is 2.33. The average molecular weight is 303 g/mol. The average Bonchev–Trinajstić information content (AvgIpc) is 2.42. The van der Waals surface area contributed by atoms with Gasteiger partial charge in [0, 0.05) is 18.2 Å². The largest absolute Gasteiger partial charge is 0.479 e. The molecule has 0 spiro atoms. The number of carbonyl (C=O) groups excluding carboxylic acids is 1. The molecule has 2 atom stereocenters. The lowest BCUT2D eigenvalue weighted by atomic mass is 9.97. The summed E-state index contributed by atoms with van der Waals surface area (Å²) < 4.78 is 45.1. The monoisotopic (exact) mass is 303 g/mol. The van der Waals surface area contributed by atoms with E-state index < -0.39 is 53.6 Å². The van der Waals surface area contributed by atoms with E-state index in [1.165, 1.54) is 0 Å². The zero-order valence-corrected chi connectivity index (χ0v) is 11.0. The molecule has 114 valence electrons. The molecule has 0 aromatic heterocycles. The Labute approximate surface area is 117 Å². The molecule has 1 fully saturated rings. The predicted molar refractivity (Wildman–Crippen MR) is 63.8 cm³/mol. The van der Waals surface area contributed by atoms with Crippen molar-refractivity contribution in [2.24, 2.45) is 0 Å². The number of amides is 1. The summed E-state index contributed by atoms with van der Waals surface area (Å²) in [5.41, 5.74) is -0.434. The molecular weight excluding hydrogens is 291 g/mol. The summed E-state index contributed by atoms with van der Waals surface area (Å²) in [6.07, 6.45) is -1.55. The number of likely N-dealkylation sites (N-methyl/N-ethyl adjacent to an activating group) is 1. The first-order valence-corrected chi connectivity index (χ1v) is 6.15. The smallest absolute Gasteiger partial charge is 0.335 e. The number of morpholine rings is 1. The lowest BCUT2D eigenvalue weighted by Crippen LogP contribution is -2.52. The minimum Gasteiger partial charge on any atom is -0.479 e. The standard InChI is InChI=1S/C13H12F3NO4/c1-2-17-10(18)5-21-12(13(19)20)11(17)6-3-8(15)9(16)4-7(6)14/h3-4,11-12H,2,5H2,1H3,(H,19,20). The van der Waals surface area contributed by atoms with E-state index in [1.54, 1.807) is 6.92 Å². The van der Waals surface area contributed by atoms with Crippen molar-refractivity contribution >= 4 is 11.9 Å². The second-order valence-electron chi connectivity index (χ2n) is 4.48. The summed E-state index contributed by atoms with van der Waals surface area (Å²) in [5, 5.41) is 9.13. The SMILES string of the molecule is CCN1C(=O)COC(C(=O)O)C1c1cc(F)c(F)cc1F. The van der Waals surface area contributed by atoms with Crippen LogP contribution in [0.5, 0.6) is 0 Å². The van der Waals surface area contributed by atoms with Gasteiger partial charge in [0.1, 0.15) is 12.4 Å². The van der Waals surface area contributed by atoms with Crippen LogP contribution < -0.4 is 0 Å². The molecule has 0 bridgehead atoms. The second kappa shape index (κ2) is 5.72. The number of rotatable bonds is 3. The van der Waals surface area contributed by atoms with Crippen LogP contribution in [0.3, 0.4) is 0 Å². The first kappa shape index (κ1) is 15.3. The molecule has 1 saturated heterocycles. The molecule has 1 aliphatic heterocycles. The van der Waals surface area contributed by atoms with Gasteiger partial charge >= 0.3 is 5.97 Å². The summed E-state index contributed by atoms with van der Waals surface area (Å²) in [7, 11) is 0. The van der Waals surface area contributed by atoms with Crippen LogP contribution in [-0.4, -0.2) is 41.1 Å². The number of halogens is 3. The first-order valence-electron chi connectivity index (χ1n) is 6.15. The van der Waals surface area contributed by atoms with Gasteiger partial charge in [-0.25, -0.2) is 18.0 Å². The van der Waals surface area contributed by atoms with E-state index in [0.717, 1.165) is 4.90 Å². The molecule has 2 unspecified atom stereocenters. The third-order valence-electron chi connectivity index (χ3n) is 3.27. The van der Waals surface area contributed by atoms with Gasteiger partial charge in [-0.1, -0.05) is 0 Å². The summed E-state index contributed by atoms with van der Waals surface area (Å²) >= 11 is 0. The maximum atomic E-state index is 13.9. The summed E-state index contributed by atoms with van der Waals surface area (Å²) in [5.74, 6) is -5.83. The van der Waals surface area contributed by atoms with Crippen LogP contribution in [0.2, 0.25) is 0 Å². The Kier molecular flexibility index (Phi) is 4.17. The number of ether oxygens (including phenoxy) is 1. The van der Waals surface area contributed by atoms with Crippen LogP contribution in [0.1, 0.15) is 18.5 Å². The van der Waals surface area contributed by atoms with Crippen LogP contribution in [0.4, 0.5) is 13.2 Å². The molecule has 1 aliphatic rings. The number of carbonyl (C=O) groups is 2. The molecule has 1 N–H and O–H groups in total. The van der Waals surface area contributed by atoms with E-state index in [2.05, 4.69) is 0 Å². The Balaban J connectivity index is 2.55. The molecule has 2 rings (SSSR count). The van der Waals surface area contributed by atoms with Gasteiger partial charge in [-0.3, -0.25) is 4.79 Å². The Bertz CT molecular complexity index is 591. The Morgan fingerprint density at radius 2 is 1.95 bits per heavy atom. The number of aliphatic carboxylic acids is 1. The molecule has 21 heavy (non-hydrogen) atoms. The van der Waals surface area contributed by atoms with E-state index in [0.29, 0.717) is 12.1 Å². The summed E-state index contributed by atoms with van der Waals surface area (Å²) in [6.45, 7) is 1.18. The normalized spacial score (nSPS) is 22.5. The predicted octanol–water partition coefficient (Wildman–Crippen LogP) is 1.48. The van der Waals surface area contributed by atoms with Gasteiger partial charge in [-0.05, 0) is 13.0 Å². The minimum absolute atomic E-state index is 0.0784. The highest BCUT2D eigenvalue weighted by molar-refractivity contribution is 5.83. The van der Waals surface area contributed by atoms with Gasteiger partial charge in [0.05, 0.1) is 6.04 Å².